The van der Waals surface area contributed by atoms with Crippen molar-refractivity contribution in [2.75, 3.05) is 32.8 Å². The quantitative estimate of drug-likeness (QED) is 0.624. The van der Waals surface area contributed by atoms with Gasteiger partial charge in [-0.3, -0.25) is 9.78 Å². The molecule has 1 N–H and O–H groups in total. The second-order valence-electron chi connectivity index (χ2n) is 7.51. The van der Waals surface area contributed by atoms with Crippen LogP contribution in [0, 0.1) is 0 Å². The van der Waals surface area contributed by atoms with E-state index in [-0.39, 0.29) is 49.3 Å². The first-order valence-corrected chi connectivity index (χ1v) is 11.3. The fraction of sp³-hybridized carbons (Fsp3) is 0.333. The highest BCUT2D eigenvalue weighted by molar-refractivity contribution is 7.89. The van der Waals surface area contributed by atoms with Crippen LogP contribution < -0.4 is 4.74 Å². The summed E-state index contributed by atoms with van der Waals surface area (Å²) < 4.78 is 56.0. The molecule has 1 amide bonds. The highest BCUT2D eigenvalue weighted by Gasteiger charge is 2.39. The van der Waals surface area contributed by atoms with E-state index < -0.39 is 22.6 Å². The number of hydrogen-bond acceptors (Lipinski definition) is 6. The van der Waals surface area contributed by atoms with E-state index >= 15 is 0 Å². The molecule has 1 aromatic heterocycles. The van der Waals surface area contributed by atoms with E-state index in [0.29, 0.717) is 5.69 Å². The van der Waals surface area contributed by atoms with Crippen molar-refractivity contribution in [3.63, 3.8) is 0 Å². The number of benzene rings is 1. The maximum Gasteiger partial charge on any atom is 0.387 e. The number of sulfonamides is 1. The van der Waals surface area contributed by atoms with Crippen LogP contribution in [0.4, 0.5) is 8.78 Å². The number of rotatable bonds is 7. The molecular weight excluding hydrogens is 444 g/mol. The van der Waals surface area contributed by atoms with Gasteiger partial charge in [0.05, 0.1) is 17.2 Å². The molecule has 11 heteroatoms. The maximum atomic E-state index is 12.9. The molecule has 3 heterocycles. The smallest absolute Gasteiger partial charge is 0.387 e. The Hall–Kier alpha value is -2.89. The molecule has 2 aliphatic rings. The van der Waals surface area contributed by atoms with Gasteiger partial charge in [0, 0.05) is 32.4 Å². The van der Waals surface area contributed by atoms with E-state index in [9.17, 15) is 27.1 Å². The first-order chi connectivity index (χ1) is 15.3. The minimum Gasteiger partial charge on any atom is -0.435 e. The van der Waals surface area contributed by atoms with Gasteiger partial charge in [-0.15, -0.1) is 0 Å². The topological polar surface area (TPSA) is 100 Å². The van der Waals surface area contributed by atoms with Crippen molar-refractivity contribution >= 4 is 15.9 Å². The molecule has 1 aromatic carbocycles. The molecule has 0 aliphatic carbocycles. The predicted octanol–water partition coefficient (Wildman–Crippen LogP) is 1.60. The molecular formula is C21H21F2N3O5S. The number of pyridine rings is 1. The summed E-state index contributed by atoms with van der Waals surface area (Å²) in [6.07, 6.45) is 1.56. The minimum absolute atomic E-state index is 0.0243. The number of alkyl halides is 2. The molecule has 4 rings (SSSR count). The molecule has 8 nitrogen and oxygen atoms in total. The van der Waals surface area contributed by atoms with Crippen LogP contribution in [-0.4, -0.2) is 73.0 Å². The van der Waals surface area contributed by atoms with Gasteiger partial charge in [-0.25, -0.2) is 8.42 Å². The van der Waals surface area contributed by atoms with Crippen molar-refractivity contribution in [3.05, 3.63) is 65.5 Å². The molecule has 0 saturated carbocycles. The number of hydrogen-bond donors (Lipinski definition) is 1. The van der Waals surface area contributed by atoms with Gasteiger partial charge >= 0.3 is 6.61 Å². The molecule has 0 bridgehead atoms. The number of amides is 1. The Morgan fingerprint density at radius 2 is 1.72 bits per heavy atom. The van der Waals surface area contributed by atoms with Crippen molar-refractivity contribution < 1.29 is 31.8 Å². The SMILES string of the molecule is O=C([C@H](CO)c1ccccn1)N1CC2=C(C1)CN(S(=O)(=O)c1ccc(OC(F)F)cc1)C2. The van der Waals surface area contributed by atoms with Crippen molar-refractivity contribution in [3.8, 4) is 5.75 Å². The summed E-state index contributed by atoms with van der Waals surface area (Å²) >= 11 is 0. The van der Waals surface area contributed by atoms with Crippen molar-refractivity contribution in [1.29, 1.82) is 0 Å². The van der Waals surface area contributed by atoms with Gasteiger partial charge < -0.3 is 14.7 Å². The summed E-state index contributed by atoms with van der Waals surface area (Å²) in [6.45, 7) is -2.51. The molecule has 170 valence electrons. The number of carbonyl (C=O) groups excluding carboxylic acids is 1. The molecule has 2 aliphatic heterocycles. The van der Waals surface area contributed by atoms with Crippen LogP contribution in [0.2, 0.25) is 0 Å². The van der Waals surface area contributed by atoms with Crippen molar-refractivity contribution in [1.82, 2.24) is 14.2 Å². The van der Waals surface area contributed by atoms with Crippen LogP contribution in [0.15, 0.2) is 64.7 Å². The van der Waals surface area contributed by atoms with Crippen molar-refractivity contribution in [2.24, 2.45) is 0 Å². The molecule has 1 atom stereocenters. The second-order valence-corrected chi connectivity index (χ2v) is 9.45. The Morgan fingerprint density at radius 3 is 2.25 bits per heavy atom. The monoisotopic (exact) mass is 465 g/mol. The van der Waals surface area contributed by atoms with Gasteiger partial charge in [0.1, 0.15) is 11.7 Å². The summed E-state index contributed by atoms with van der Waals surface area (Å²) in [5.41, 5.74) is 2.17. The fourth-order valence-corrected chi connectivity index (χ4v) is 5.34. The lowest BCUT2D eigenvalue weighted by Crippen LogP contribution is -2.39. The molecule has 0 radical (unpaired) electrons. The lowest BCUT2D eigenvalue weighted by atomic mass is 10.0. The van der Waals surface area contributed by atoms with Crippen LogP contribution in [-0.2, 0) is 14.8 Å². The highest BCUT2D eigenvalue weighted by atomic mass is 32.2. The zero-order valence-corrected chi connectivity index (χ0v) is 17.7. The van der Waals surface area contributed by atoms with Gasteiger partial charge in [0.25, 0.3) is 0 Å². The van der Waals surface area contributed by atoms with Crippen LogP contribution in [0.1, 0.15) is 11.6 Å². The Balaban J connectivity index is 1.40. The second kappa shape index (κ2) is 8.93. The number of ether oxygens (including phenoxy) is 1. The van der Waals surface area contributed by atoms with E-state index in [4.69, 9.17) is 0 Å². The Morgan fingerprint density at radius 1 is 1.06 bits per heavy atom. The average molecular weight is 465 g/mol. The van der Waals surface area contributed by atoms with Gasteiger partial charge in [0.15, 0.2) is 0 Å². The van der Waals surface area contributed by atoms with E-state index in [1.807, 2.05) is 0 Å². The lowest BCUT2D eigenvalue weighted by molar-refractivity contribution is -0.132. The molecule has 0 saturated heterocycles. The molecule has 0 unspecified atom stereocenters. The third kappa shape index (κ3) is 4.36. The van der Waals surface area contributed by atoms with Crippen molar-refractivity contribution in [2.45, 2.75) is 17.4 Å². The zero-order valence-electron chi connectivity index (χ0n) is 16.9. The summed E-state index contributed by atoms with van der Waals surface area (Å²) in [5.74, 6) is -1.16. The first-order valence-electron chi connectivity index (χ1n) is 9.85. The van der Waals surface area contributed by atoms with Crippen LogP contribution in [0.25, 0.3) is 0 Å². The fourth-order valence-electron chi connectivity index (χ4n) is 3.91. The van der Waals surface area contributed by atoms with E-state index in [1.54, 1.807) is 29.3 Å². The average Bonchev–Trinajstić information content (AvgIpc) is 3.35. The van der Waals surface area contributed by atoms with Crippen LogP contribution in [0.5, 0.6) is 5.75 Å². The zero-order chi connectivity index (χ0) is 22.9. The normalized spacial score (nSPS) is 17.7. The molecule has 2 aromatic rings. The third-order valence-corrected chi connectivity index (χ3v) is 7.33. The number of aliphatic hydroxyl groups excluding tert-OH is 1. The van der Waals surface area contributed by atoms with Gasteiger partial charge in [-0.2, -0.15) is 13.1 Å². The summed E-state index contributed by atoms with van der Waals surface area (Å²) in [7, 11) is -3.83. The van der Waals surface area contributed by atoms with E-state index in [2.05, 4.69) is 9.72 Å². The Kier molecular flexibility index (Phi) is 6.22. The highest BCUT2D eigenvalue weighted by Crippen LogP contribution is 2.32. The maximum absolute atomic E-state index is 12.9. The largest absolute Gasteiger partial charge is 0.435 e. The predicted molar refractivity (Wildman–Crippen MR) is 110 cm³/mol. The lowest BCUT2D eigenvalue weighted by Gasteiger charge is -2.25. The summed E-state index contributed by atoms with van der Waals surface area (Å²) in [5, 5.41) is 9.72. The number of nitrogens with zero attached hydrogens (tertiary/aromatic N) is 3. The van der Waals surface area contributed by atoms with E-state index in [1.165, 1.54) is 28.6 Å². The third-order valence-electron chi connectivity index (χ3n) is 5.52. The Labute approximate surface area is 183 Å². The number of halogens is 2. The molecule has 32 heavy (non-hydrogen) atoms. The number of aliphatic hydroxyl groups is 1. The summed E-state index contributed by atoms with van der Waals surface area (Å²) in [6, 6.07) is 9.97. The number of carbonyl (C=O) groups is 1. The Bertz CT molecular complexity index is 1110. The minimum atomic E-state index is -3.83. The first kappa shape index (κ1) is 22.3. The van der Waals surface area contributed by atoms with Crippen LogP contribution >= 0.6 is 0 Å². The molecule has 0 fully saturated rings. The van der Waals surface area contributed by atoms with Gasteiger partial charge in [-0.1, -0.05) is 6.07 Å². The number of aromatic nitrogens is 1. The molecule has 0 spiro atoms. The van der Waals surface area contributed by atoms with Crippen LogP contribution in [0.3, 0.4) is 0 Å². The van der Waals surface area contributed by atoms with Gasteiger partial charge in [-0.05, 0) is 47.5 Å². The van der Waals surface area contributed by atoms with Gasteiger partial charge in [0.2, 0.25) is 15.9 Å². The standard InChI is InChI=1S/C21H21F2N3O5S/c22-21(23)31-16-4-6-17(7-5-16)32(29,30)26-11-14-9-25(10-15(14)12-26)20(28)18(13-27)19-3-1-2-8-24-19/h1-8,18,21,27H,9-13H2/t18-/m1/s1. The summed E-state index contributed by atoms with van der Waals surface area (Å²) in [4.78, 5) is 18.6. The van der Waals surface area contributed by atoms with E-state index in [0.717, 1.165) is 11.1 Å².